The van der Waals surface area contributed by atoms with Gasteiger partial charge in [-0.25, -0.2) is 0 Å². The summed E-state index contributed by atoms with van der Waals surface area (Å²) in [6.45, 7) is 9.87. The fraction of sp³-hybridized carbons (Fsp3) is 0.500. The number of nitrogens with zero attached hydrogens (tertiary/aromatic N) is 1. The Morgan fingerprint density at radius 1 is 1.05 bits per heavy atom. The molecule has 0 saturated carbocycles. The Kier molecular flexibility index (Phi) is 6.72. The third-order valence-electron chi connectivity index (χ3n) is 3.45. The van der Waals surface area contributed by atoms with Crippen molar-refractivity contribution < 1.29 is 9.59 Å². The van der Waals surface area contributed by atoms with Gasteiger partial charge < -0.3 is 15.5 Å². The van der Waals surface area contributed by atoms with Crippen LogP contribution in [0.1, 0.15) is 34.1 Å². The molecule has 0 radical (unpaired) electrons. The van der Waals surface area contributed by atoms with Crippen LogP contribution in [-0.2, 0) is 9.59 Å². The van der Waals surface area contributed by atoms with Crippen molar-refractivity contribution in [2.24, 2.45) is 0 Å². The lowest BCUT2D eigenvalue weighted by molar-refractivity contribution is -0.136. The second kappa shape index (κ2) is 8.29. The predicted octanol–water partition coefficient (Wildman–Crippen LogP) is 2.39. The van der Waals surface area contributed by atoms with E-state index in [9.17, 15) is 9.59 Å². The van der Waals surface area contributed by atoms with Crippen LogP contribution in [0.25, 0.3) is 0 Å². The molecule has 0 aliphatic heterocycles. The van der Waals surface area contributed by atoms with Crippen LogP contribution in [0.5, 0.6) is 0 Å². The molecule has 21 heavy (non-hydrogen) atoms. The number of rotatable bonds is 6. The largest absolute Gasteiger partial charge is 0.372 e. The van der Waals surface area contributed by atoms with Crippen LogP contribution in [0, 0.1) is 0 Å². The Labute approximate surface area is 126 Å². The third kappa shape index (κ3) is 5.10. The van der Waals surface area contributed by atoms with Gasteiger partial charge in [0.05, 0.1) is 0 Å². The highest BCUT2D eigenvalue weighted by molar-refractivity contribution is 6.39. The van der Waals surface area contributed by atoms with Crippen molar-refractivity contribution >= 4 is 23.2 Å². The molecule has 0 aromatic heterocycles. The van der Waals surface area contributed by atoms with Crippen LogP contribution in [-0.4, -0.2) is 30.9 Å². The van der Waals surface area contributed by atoms with E-state index in [1.54, 1.807) is 0 Å². The van der Waals surface area contributed by atoms with Gasteiger partial charge in [0.25, 0.3) is 0 Å². The fourth-order valence-electron chi connectivity index (χ4n) is 1.92. The second-order valence-electron chi connectivity index (χ2n) is 4.96. The molecule has 116 valence electrons. The molecule has 2 N–H and O–H groups in total. The zero-order valence-electron chi connectivity index (χ0n) is 13.3. The van der Waals surface area contributed by atoms with Gasteiger partial charge in [-0.05, 0) is 51.5 Å². The minimum absolute atomic E-state index is 0.00621. The molecule has 5 nitrogen and oxygen atoms in total. The van der Waals surface area contributed by atoms with Crippen LogP contribution in [0.15, 0.2) is 24.3 Å². The summed E-state index contributed by atoms with van der Waals surface area (Å²) >= 11 is 0. The van der Waals surface area contributed by atoms with Gasteiger partial charge in [0.1, 0.15) is 0 Å². The van der Waals surface area contributed by atoms with Crippen LogP contribution >= 0.6 is 0 Å². The Hall–Kier alpha value is -2.04. The summed E-state index contributed by atoms with van der Waals surface area (Å²) in [6.07, 6.45) is 0.789. The minimum Gasteiger partial charge on any atom is -0.372 e. The van der Waals surface area contributed by atoms with Gasteiger partial charge in [-0.15, -0.1) is 0 Å². The number of hydrogen-bond donors (Lipinski definition) is 2. The molecule has 0 aliphatic carbocycles. The van der Waals surface area contributed by atoms with Crippen molar-refractivity contribution in [3.8, 4) is 0 Å². The van der Waals surface area contributed by atoms with Crippen molar-refractivity contribution in [2.75, 3.05) is 23.3 Å². The Balaban J connectivity index is 2.63. The van der Waals surface area contributed by atoms with Gasteiger partial charge in [-0.2, -0.15) is 0 Å². The first-order chi connectivity index (χ1) is 10.0. The molecule has 0 fully saturated rings. The maximum atomic E-state index is 11.8. The number of benzene rings is 1. The van der Waals surface area contributed by atoms with Crippen molar-refractivity contribution in [1.82, 2.24) is 5.32 Å². The molecule has 5 heteroatoms. The Morgan fingerprint density at radius 3 is 2.10 bits per heavy atom. The van der Waals surface area contributed by atoms with Gasteiger partial charge in [-0.1, -0.05) is 6.92 Å². The zero-order chi connectivity index (χ0) is 15.8. The molecule has 0 saturated heterocycles. The zero-order valence-corrected chi connectivity index (χ0v) is 13.3. The lowest BCUT2D eigenvalue weighted by Gasteiger charge is -2.21. The van der Waals surface area contributed by atoms with E-state index >= 15 is 0 Å². The minimum atomic E-state index is -0.633. The lowest BCUT2D eigenvalue weighted by Crippen LogP contribution is -2.40. The predicted molar refractivity (Wildman–Crippen MR) is 86.5 cm³/mol. The number of carbonyl (C=O) groups is 2. The highest BCUT2D eigenvalue weighted by atomic mass is 16.2. The summed E-state index contributed by atoms with van der Waals surface area (Å²) in [5.74, 6) is -1.23. The van der Waals surface area contributed by atoms with Gasteiger partial charge in [0.2, 0.25) is 0 Å². The van der Waals surface area contributed by atoms with Crippen LogP contribution in [0.4, 0.5) is 11.4 Å². The Morgan fingerprint density at radius 2 is 1.62 bits per heavy atom. The summed E-state index contributed by atoms with van der Waals surface area (Å²) in [6, 6.07) is 7.49. The molecular weight excluding hydrogens is 266 g/mol. The Bertz CT molecular complexity index is 467. The van der Waals surface area contributed by atoms with Crippen molar-refractivity contribution in [3.63, 3.8) is 0 Å². The maximum absolute atomic E-state index is 11.8. The smallest absolute Gasteiger partial charge is 0.313 e. The van der Waals surface area contributed by atoms with E-state index in [4.69, 9.17) is 0 Å². The molecule has 1 aromatic carbocycles. The molecule has 1 rings (SSSR count). The summed E-state index contributed by atoms with van der Waals surface area (Å²) in [7, 11) is 0. The average molecular weight is 291 g/mol. The van der Waals surface area contributed by atoms with Crippen LogP contribution in [0.2, 0.25) is 0 Å². The molecule has 1 aromatic rings. The van der Waals surface area contributed by atoms with E-state index in [1.165, 1.54) is 0 Å². The summed E-state index contributed by atoms with van der Waals surface area (Å²) in [5, 5.41) is 5.24. The highest BCUT2D eigenvalue weighted by Crippen LogP contribution is 2.17. The van der Waals surface area contributed by atoms with Crippen molar-refractivity contribution in [1.29, 1.82) is 0 Å². The maximum Gasteiger partial charge on any atom is 0.313 e. The number of anilines is 2. The van der Waals surface area contributed by atoms with Gasteiger partial charge >= 0.3 is 11.8 Å². The summed E-state index contributed by atoms with van der Waals surface area (Å²) < 4.78 is 0. The second-order valence-corrected chi connectivity index (χ2v) is 4.96. The third-order valence-corrected chi connectivity index (χ3v) is 3.45. The first-order valence-electron chi connectivity index (χ1n) is 7.48. The number of nitrogens with one attached hydrogen (secondary N) is 2. The van der Waals surface area contributed by atoms with Crippen LogP contribution < -0.4 is 15.5 Å². The number of hydrogen-bond acceptors (Lipinski definition) is 3. The molecule has 0 aliphatic rings. The number of amides is 2. The highest BCUT2D eigenvalue weighted by Gasteiger charge is 2.15. The van der Waals surface area contributed by atoms with Gasteiger partial charge in [0, 0.05) is 30.5 Å². The summed E-state index contributed by atoms with van der Waals surface area (Å²) in [5.41, 5.74) is 1.72. The molecule has 1 atom stereocenters. The molecule has 1 unspecified atom stereocenters. The van der Waals surface area contributed by atoms with E-state index in [2.05, 4.69) is 29.4 Å². The monoisotopic (exact) mass is 291 g/mol. The lowest BCUT2D eigenvalue weighted by atomic mass is 10.2. The quantitative estimate of drug-likeness (QED) is 0.791. The first kappa shape index (κ1) is 17.0. The van der Waals surface area contributed by atoms with Crippen LogP contribution in [0.3, 0.4) is 0 Å². The normalized spacial score (nSPS) is 11.6. The van der Waals surface area contributed by atoms with Gasteiger partial charge in [-0.3, -0.25) is 9.59 Å². The molecule has 0 heterocycles. The van der Waals surface area contributed by atoms with E-state index in [0.29, 0.717) is 5.69 Å². The van der Waals surface area contributed by atoms with E-state index in [-0.39, 0.29) is 6.04 Å². The van der Waals surface area contributed by atoms with E-state index < -0.39 is 11.8 Å². The van der Waals surface area contributed by atoms with Gasteiger partial charge in [0.15, 0.2) is 0 Å². The topological polar surface area (TPSA) is 61.4 Å². The van der Waals surface area contributed by atoms with Crippen molar-refractivity contribution in [3.05, 3.63) is 24.3 Å². The van der Waals surface area contributed by atoms with E-state index in [0.717, 1.165) is 25.2 Å². The van der Waals surface area contributed by atoms with Crippen molar-refractivity contribution in [2.45, 2.75) is 40.2 Å². The SMILES string of the molecule is CCC(C)NC(=O)C(=O)Nc1ccc(N(CC)CC)cc1. The average Bonchev–Trinajstić information content (AvgIpc) is 2.49. The fourth-order valence-corrected chi connectivity index (χ4v) is 1.92. The first-order valence-corrected chi connectivity index (χ1v) is 7.48. The molecular formula is C16H25N3O2. The standard InChI is InChI=1S/C16H25N3O2/c1-5-12(4)17-15(20)16(21)18-13-8-10-14(11-9-13)19(6-2)7-3/h8-12H,5-7H2,1-4H3,(H,17,20)(H,18,21). The number of carbonyl (C=O) groups excluding carboxylic acids is 2. The molecule has 0 bridgehead atoms. The molecule has 0 spiro atoms. The molecule has 2 amide bonds. The summed E-state index contributed by atoms with van der Waals surface area (Å²) in [4.78, 5) is 25.6. The van der Waals surface area contributed by atoms with E-state index in [1.807, 2.05) is 38.1 Å².